The molecule has 0 radical (unpaired) electrons. The average molecular weight is 262 g/mol. The molecule has 3 nitrogen and oxygen atoms in total. The lowest BCUT2D eigenvalue weighted by Gasteiger charge is -2.34. The molecule has 1 aromatic carbocycles. The van der Waals surface area contributed by atoms with Crippen LogP contribution in [0.5, 0.6) is 5.75 Å². The van der Waals surface area contributed by atoms with Crippen LogP contribution in [0.2, 0.25) is 0 Å². The van der Waals surface area contributed by atoms with Gasteiger partial charge in [0.05, 0.1) is 7.11 Å². The van der Waals surface area contributed by atoms with Crippen molar-refractivity contribution in [1.29, 1.82) is 0 Å². The first-order valence-electron chi connectivity index (χ1n) is 7.35. The summed E-state index contributed by atoms with van der Waals surface area (Å²) in [7, 11) is 1.73. The van der Waals surface area contributed by atoms with E-state index < -0.39 is 0 Å². The molecule has 0 bridgehead atoms. The number of para-hydroxylation sites is 1. The molecule has 1 aliphatic carbocycles. The lowest BCUT2D eigenvalue weighted by Crippen LogP contribution is -2.42. The van der Waals surface area contributed by atoms with Crippen molar-refractivity contribution < 1.29 is 4.74 Å². The van der Waals surface area contributed by atoms with Gasteiger partial charge in [0, 0.05) is 17.6 Å². The van der Waals surface area contributed by atoms with E-state index in [-0.39, 0.29) is 0 Å². The molecule has 0 heterocycles. The van der Waals surface area contributed by atoms with Gasteiger partial charge in [-0.1, -0.05) is 31.0 Å². The van der Waals surface area contributed by atoms with E-state index in [1.807, 2.05) is 12.1 Å². The zero-order valence-corrected chi connectivity index (χ0v) is 12.1. The van der Waals surface area contributed by atoms with Crippen LogP contribution in [-0.2, 0) is 0 Å². The lowest BCUT2D eigenvalue weighted by molar-refractivity contribution is 0.250. The van der Waals surface area contributed by atoms with E-state index in [2.05, 4.69) is 24.4 Å². The van der Waals surface area contributed by atoms with Crippen LogP contribution in [0, 0.1) is 5.92 Å². The zero-order valence-electron chi connectivity index (χ0n) is 12.1. The maximum atomic E-state index is 5.90. The van der Waals surface area contributed by atoms with Crippen LogP contribution >= 0.6 is 0 Å². The minimum atomic E-state index is 0.299. The molecular weight excluding hydrogens is 236 g/mol. The smallest absolute Gasteiger partial charge is 0.123 e. The first-order valence-corrected chi connectivity index (χ1v) is 7.35. The number of hydrogen-bond donors (Lipinski definition) is 2. The minimum Gasteiger partial charge on any atom is -0.496 e. The van der Waals surface area contributed by atoms with Gasteiger partial charge in [0.1, 0.15) is 5.75 Å². The fourth-order valence-corrected chi connectivity index (χ4v) is 3.14. The van der Waals surface area contributed by atoms with Crippen molar-refractivity contribution in [2.45, 2.75) is 44.7 Å². The van der Waals surface area contributed by atoms with Crippen molar-refractivity contribution in [2.75, 3.05) is 13.7 Å². The SMILES string of the molecule is COc1ccccc1C(C)NC1CCCCC1CN. The zero-order chi connectivity index (χ0) is 13.7. The second-order valence-corrected chi connectivity index (χ2v) is 5.52. The van der Waals surface area contributed by atoms with Gasteiger partial charge in [-0.25, -0.2) is 0 Å². The van der Waals surface area contributed by atoms with Crippen molar-refractivity contribution in [3.05, 3.63) is 29.8 Å². The Balaban J connectivity index is 2.05. The predicted molar refractivity (Wildman–Crippen MR) is 79.3 cm³/mol. The van der Waals surface area contributed by atoms with Crippen LogP contribution in [0.3, 0.4) is 0 Å². The molecule has 3 unspecified atom stereocenters. The highest BCUT2D eigenvalue weighted by molar-refractivity contribution is 5.35. The average Bonchev–Trinajstić information content (AvgIpc) is 2.47. The summed E-state index contributed by atoms with van der Waals surface area (Å²) in [4.78, 5) is 0. The number of nitrogens with two attached hydrogens (primary N) is 1. The topological polar surface area (TPSA) is 47.3 Å². The summed E-state index contributed by atoms with van der Waals surface area (Å²) in [6, 6.07) is 9.08. The third-order valence-electron chi connectivity index (χ3n) is 4.28. The van der Waals surface area contributed by atoms with Crippen molar-refractivity contribution in [3.8, 4) is 5.75 Å². The fraction of sp³-hybridized carbons (Fsp3) is 0.625. The summed E-state index contributed by atoms with van der Waals surface area (Å²) < 4.78 is 5.44. The third kappa shape index (κ3) is 3.48. The molecule has 0 aromatic heterocycles. The highest BCUT2D eigenvalue weighted by Gasteiger charge is 2.25. The molecule has 1 aliphatic rings. The van der Waals surface area contributed by atoms with Crippen LogP contribution < -0.4 is 15.8 Å². The van der Waals surface area contributed by atoms with Gasteiger partial charge < -0.3 is 15.8 Å². The number of rotatable bonds is 5. The van der Waals surface area contributed by atoms with Crippen molar-refractivity contribution in [2.24, 2.45) is 11.7 Å². The molecule has 19 heavy (non-hydrogen) atoms. The van der Waals surface area contributed by atoms with Crippen LogP contribution in [0.15, 0.2) is 24.3 Å². The van der Waals surface area contributed by atoms with E-state index >= 15 is 0 Å². The van der Waals surface area contributed by atoms with Gasteiger partial charge in [-0.05, 0) is 38.3 Å². The Morgan fingerprint density at radius 2 is 2.05 bits per heavy atom. The molecule has 0 saturated heterocycles. The second kappa shape index (κ2) is 6.92. The summed E-state index contributed by atoms with van der Waals surface area (Å²) in [5.74, 6) is 1.58. The van der Waals surface area contributed by atoms with Gasteiger partial charge in [-0.3, -0.25) is 0 Å². The number of ether oxygens (including phenoxy) is 1. The molecule has 106 valence electrons. The van der Waals surface area contributed by atoms with E-state index in [9.17, 15) is 0 Å². The fourth-order valence-electron chi connectivity index (χ4n) is 3.14. The first kappa shape index (κ1) is 14.4. The molecule has 1 aromatic rings. The van der Waals surface area contributed by atoms with Crippen LogP contribution in [0.25, 0.3) is 0 Å². The van der Waals surface area contributed by atoms with E-state index in [1.54, 1.807) is 7.11 Å². The number of benzene rings is 1. The molecule has 0 aliphatic heterocycles. The van der Waals surface area contributed by atoms with Crippen LogP contribution in [0.1, 0.15) is 44.2 Å². The first-order chi connectivity index (χ1) is 9.26. The van der Waals surface area contributed by atoms with Gasteiger partial charge >= 0.3 is 0 Å². The Labute approximate surface area is 116 Å². The molecule has 3 N–H and O–H groups in total. The summed E-state index contributed by atoms with van der Waals surface area (Å²) in [6.07, 6.45) is 5.13. The monoisotopic (exact) mass is 262 g/mol. The van der Waals surface area contributed by atoms with Crippen molar-refractivity contribution >= 4 is 0 Å². The molecule has 1 saturated carbocycles. The summed E-state index contributed by atoms with van der Waals surface area (Å²) in [5, 5.41) is 3.75. The Kier molecular flexibility index (Phi) is 5.23. The van der Waals surface area contributed by atoms with E-state index in [1.165, 1.54) is 31.2 Å². The quantitative estimate of drug-likeness (QED) is 0.858. The Hall–Kier alpha value is -1.06. The van der Waals surface area contributed by atoms with Gasteiger partial charge in [0.15, 0.2) is 0 Å². The van der Waals surface area contributed by atoms with E-state index in [4.69, 9.17) is 10.5 Å². The molecular formula is C16H26N2O. The van der Waals surface area contributed by atoms with Gasteiger partial charge in [-0.2, -0.15) is 0 Å². The van der Waals surface area contributed by atoms with Gasteiger partial charge in [-0.15, -0.1) is 0 Å². The summed E-state index contributed by atoms with van der Waals surface area (Å²) in [5.41, 5.74) is 7.13. The lowest BCUT2D eigenvalue weighted by atomic mass is 9.84. The Morgan fingerprint density at radius 1 is 1.32 bits per heavy atom. The van der Waals surface area contributed by atoms with E-state index in [0.717, 1.165) is 12.3 Å². The van der Waals surface area contributed by atoms with Crippen LogP contribution in [0.4, 0.5) is 0 Å². The molecule has 3 atom stereocenters. The highest BCUT2D eigenvalue weighted by Crippen LogP contribution is 2.29. The predicted octanol–water partition coefficient (Wildman–Crippen LogP) is 2.86. The maximum Gasteiger partial charge on any atom is 0.123 e. The largest absolute Gasteiger partial charge is 0.496 e. The molecule has 0 amide bonds. The maximum absolute atomic E-state index is 5.90. The Morgan fingerprint density at radius 3 is 2.79 bits per heavy atom. The molecule has 1 fully saturated rings. The Bertz CT molecular complexity index is 394. The van der Waals surface area contributed by atoms with Gasteiger partial charge in [0.25, 0.3) is 0 Å². The second-order valence-electron chi connectivity index (χ2n) is 5.52. The van der Waals surface area contributed by atoms with E-state index in [0.29, 0.717) is 18.0 Å². The number of nitrogens with one attached hydrogen (secondary N) is 1. The number of hydrogen-bond acceptors (Lipinski definition) is 3. The molecule has 2 rings (SSSR count). The van der Waals surface area contributed by atoms with Gasteiger partial charge in [0.2, 0.25) is 0 Å². The minimum absolute atomic E-state index is 0.299. The van der Waals surface area contributed by atoms with Crippen molar-refractivity contribution in [1.82, 2.24) is 5.32 Å². The standard InChI is InChI=1S/C16H26N2O/c1-12(14-8-4-6-10-16(14)19-2)18-15-9-5-3-7-13(15)11-17/h4,6,8,10,12-13,15,18H,3,5,7,9,11,17H2,1-2H3. The number of methoxy groups -OCH3 is 1. The van der Waals surface area contributed by atoms with Crippen molar-refractivity contribution in [3.63, 3.8) is 0 Å². The van der Waals surface area contributed by atoms with Crippen LogP contribution in [-0.4, -0.2) is 19.7 Å². The molecule has 0 spiro atoms. The third-order valence-corrected chi connectivity index (χ3v) is 4.28. The summed E-state index contributed by atoms with van der Waals surface area (Å²) >= 11 is 0. The molecule has 3 heteroatoms. The normalized spacial score (nSPS) is 25.0. The highest BCUT2D eigenvalue weighted by atomic mass is 16.5. The summed E-state index contributed by atoms with van der Waals surface area (Å²) in [6.45, 7) is 3.00.